The van der Waals surface area contributed by atoms with Crippen molar-refractivity contribution in [1.82, 2.24) is 10.2 Å². The number of anilines is 1. The van der Waals surface area contributed by atoms with Crippen molar-refractivity contribution in [1.29, 1.82) is 0 Å². The summed E-state index contributed by atoms with van der Waals surface area (Å²) in [5.74, 6) is -0.415. The van der Waals surface area contributed by atoms with Crippen LogP contribution in [-0.2, 0) is 32.6 Å². The van der Waals surface area contributed by atoms with Gasteiger partial charge in [-0.25, -0.2) is 8.42 Å². The Balaban J connectivity index is 1.79. The van der Waals surface area contributed by atoms with Gasteiger partial charge in [0, 0.05) is 29.0 Å². The SMILES string of the molecule is CCNC(=O)[C@H](Cc1ccccc1)N(Cc1cccc(Br)c1)C(=O)CN(c1cccc(Cl)c1)S(=O)(=O)c1ccc(OC)cc1. The quantitative estimate of drug-likeness (QED) is 0.183. The Bertz CT molecular complexity index is 1690. The lowest BCUT2D eigenvalue weighted by Crippen LogP contribution is -2.53. The van der Waals surface area contributed by atoms with E-state index in [9.17, 15) is 18.0 Å². The van der Waals surface area contributed by atoms with E-state index in [1.165, 1.54) is 42.3 Å². The second kappa shape index (κ2) is 15.2. The summed E-state index contributed by atoms with van der Waals surface area (Å²) >= 11 is 9.75. The molecule has 8 nitrogen and oxygen atoms in total. The lowest BCUT2D eigenvalue weighted by atomic mass is 10.0. The first-order valence-electron chi connectivity index (χ1n) is 13.9. The summed E-state index contributed by atoms with van der Waals surface area (Å²) in [4.78, 5) is 29.4. The molecule has 0 aromatic heterocycles. The normalized spacial score (nSPS) is 11.8. The van der Waals surface area contributed by atoms with Gasteiger partial charge in [0.25, 0.3) is 10.0 Å². The molecule has 0 bridgehead atoms. The molecular weight excluding hydrogens is 666 g/mol. The molecule has 1 N–H and O–H groups in total. The van der Waals surface area contributed by atoms with Crippen LogP contribution in [0.15, 0.2) is 112 Å². The first-order chi connectivity index (χ1) is 21.1. The molecule has 0 aliphatic carbocycles. The highest BCUT2D eigenvalue weighted by molar-refractivity contribution is 9.10. The number of nitrogens with zero attached hydrogens (tertiary/aromatic N) is 2. The van der Waals surface area contributed by atoms with Crippen molar-refractivity contribution in [3.8, 4) is 5.75 Å². The predicted molar refractivity (Wildman–Crippen MR) is 176 cm³/mol. The molecule has 0 saturated heterocycles. The zero-order valence-corrected chi connectivity index (χ0v) is 27.5. The number of methoxy groups -OCH3 is 1. The lowest BCUT2D eigenvalue weighted by Gasteiger charge is -2.34. The molecule has 0 radical (unpaired) electrons. The maximum Gasteiger partial charge on any atom is 0.264 e. The molecule has 0 aliphatic heterocycles. The van der Waals surface area contributed by atoms with Crippen LogP contribution in [0.5, 0.6) is 5.75 Å². The fraction of sp³-hybridized carbons (Fsp3) is 0.212. The average Bonchev–Trinajstić information content (AvgIpc) is 3.02. The highest BCUT2D eigenvalue weighted by Crippen LogP contribution is 2.28. The molecule has 0 saturated carbocycles. The third-order valence-corrected chi connectivity index (χ3v) is 9.40. The smallest absolute Gasteiger partial charge is 0.264 e. The van der Waals surface area contributed by atoms with E-state index in [1.807, 2.05) is 54.6 Å². The minimum absolute atomic E-state index is 0.0332. The van der Waals surface area contributed by atoms with Gasteiger partial charge in [0.15, 0.2) is 0 Å². The fourth-order valence-electron chi connectivity index (χ4n) is 4.71. The summed E-state index contributed by atoms with van der Waals surface area (Å²) in [5.41, 5.74) is 1.83. The van der Waals surface area contributed by atoms with Gasteiger partial charge in [-0.2, -0.15) is 0 Å². The van der Waals surface area contributed by atoms with Crippen LogP contribution in [0.2, 0.25) is 5.02 Å². The average molecular weight is 699 g/mol. The van der Waals surface area contributed by atoms with Crippen molar-refractivity contribution in [3.63, 3.8) is 0 Å². The van der Waals surface area contributed by atoms with E-state index in [0.717, 1.165) is 19.9 Å². The van der Waals surface area contributed by atoms with Crippen LogP contribution >= 0.6 is 27.5 Å². The van der Waals surface area contributed by atoms with Gasteiger partial charge in [0.1, 0.15) is 18.3 Å². The third kappa shape index (κ3) is 8.40. The highest BCUT2D eigenvalue weighted by Gasteiger charge is 2.34. The molecule has 44 heavy (non-hydrogen) atoms. The van der Waals surface area contributed by atoms with Gasteiger partial charge >= 0.3 is 0 Å². The van der Waals surface area contributed by atoms with Crippen LogP contribution in [0.3, 0.4) is 0 Å². The summed E-state index contributed by atoms with van der Waals surface area (Å²) < 4.78 is 35.2. The van der Waals surface area contributed by atoms with Crippen molar-refractivity contribution >= 4 is 55.1 Å². The Hall–Kier alpha value is -3.86. The van der Waals surface area contributed by atoms with E-state index in [2.05, 4.69) is 21.2 Å². The molecule has 0 unspecified atom stereocenters. The maximum absolute atomic E-state index is 14.4. The van der Waals surface area contributed by atoms with Crippen LogP contribution in [-0.4, -0.2) is 51.4 Å². The zero-order chi connectivity index (χ0) is 31.7. The number of likely N-dealkylation sites (N-methyl/N-ethyl adjacent to an activating group) is 1. The Labute approximate surface area is 271 Å². The summed E-state index contributed by atoms with van der Waals surface area (Å²) in [6.45, 7) is 1.66. The first kappa shape index (κ1) is 33.0. The van der Waals surface area contributed by atoms with Crippen molar-refractivity contribution < 1.29 is 22.7 Å². The number of benzene rings is 4. The Kier molecular flexibility index (Phi) is 11.4. The molecule has 4 aromatic rings. The van der Waals surface area contributed by atoms with Gasteiger partial charge in [-0.1, -0.05) is 76.1 Å². The Morgan fingerprint density at radius 3 is 2.23 bits per heavy atom. The Morgan fingerprint density at radius 1 is 0.909 bits per heavy atom. The van der Waals surface area contributed by atoms with E-state index in [4.69, 9.17) is 16.3 Å². The summed E-state index contributed by atoms with van der Waals surface area (Å²) in [6, 6.07) is 28.1. The molecule has 1 atom stereocenters. The standard InChI is InChI=1S/C33H33BrClN3O5S/c1-3-36-33(40)31(20-24-9-5-4-6-10-24)37(22-25-11-7-12-26(34)19-25)32(39)23-38(28-14-8-13-27(35)21-28)44(41,42)30-17-15-29(43-2)16-18-30/h4-19,21,31H,3,20,22-23H2,1-2H3,(H,36,40)/t31-/m0/s1. The number of sulfonamides is 1. The number of carbonyl (C=O) groups is 2. The summed E-state index contributed by atoms with van der Waals surface area (Å²) in [7, 11) is -2.77. The summed E-state index contributed by atoms with van der Waals surface area (Å²) in [5, 5.41) is 3.16. The molecule has 0 heterocycles. The van der Waals surface area contributed by atoms with Gasteiger partial charge in [-0.3, -0.25) is 13.9 Å². The van der Waals surface area contributed by atoms with E-state index >= 15 is 0 Å². The number of hydrogen-bond acceptors (Lipinski definition) is 5. The monoisotopic (exact) mass is 697 g/mol. The van der Waals surface area contributed by atoms with Gasteiger partial charge in [-0.05, 0) is 72.6 Å². The van der Waals surface area contributed by atoms with Gasteiger partial charge in [0.05, 0.1) is 17.7 Å². The third-order valence-electron chi connectivity index (χ3n) is 6.89. The molecule has 0 fully saturated rings. The van der Waals surface area contributed by atoms with Crippen molar-refractivity contribution in [2.75, 3.05) is 24.5 Å². The number of halogens is 2. The highest BCUT2D eigenvalue weighted by atomic mass is 79.9. The number of hydrogen-bond donors (Lipinski definition) is 1. The fourth-order valence-corrected chi connectivity index (χ4v) is 6.75. The largest absolute Gasteiger partial charge is 0.497 e. The number of ether oxygens (including phenoxy) is 1. The lowest BCUT2D eigenvalue weighted by molar-refractivity contribution is -0.140. The van der Waals surface area contributed by atoms with Crippen LogP contribution in [0.25, 0.3) is 0 Å². The molecule has 230 valence electrons. The maximum atomic E-state index is 14.4. The molecule has 0 aliphatic rings. The molecule has 2 amide bonds. The van der Waals surface area contributed by atoms with E-state index in [1.54, 1.807) is 25.1 Å². The number of nitrogens with one attached hydrogen (secondary N) is 1. The molecule has 4 aromatic carbocycles. The molecule has 11 heteroatoms. The number of amides is 2. The first-order valence-corrected chi connectivity index (χ1v) is 16.5. The van der Waals surface area contributed by atoms with Crippen LogP contribution in [0.1, 0.15) is 18.1 Å². The zero-order valence-electron chi connectivity index (χ0n) is 24.3. The van der Waals surface area contributed by atoms with Crippen LogP contribution < -0.4 is 14.4 Å². The Morgan fingerprint density at radius 2 is 1.59 bits per heavy atom. The van der Waals surface area contributed by atoms with Crippen molar-refractivity contribution in [2.45, 2.75) is 30.8 Å². The van der Waals surface area contributed by atoms with Crippen LogP contribution in [0, 0.1) is 0 Å². The molecule has 0 spiro atoms. The van der Waals surface area contributed by atoms with E-state index < -0.39 is 28.5 Å². The minimum Gasteiger partial charge on any atom is -0.497 e. The second-order valence-electron chi connectivity index (χ2n) is 9.92. The van der Waals surface area contributed by atoms with Crippen LogP contribution in [0.4, 0.5) is 5.69 Å². The van der Waals surface area contributed by atoms with Crippen molar-refractivity contribution in [2.24, 2.45) is 0 Å². The van der Waals surface area contributed by atoms with Gasteiger partial charge in [-0.15, -0.1) is 0 Å². The van der Waals surface area contributed by atoms with E-state index in [-0.39, 0.29) is 29.5 Å². The summed E-state index contributed by atoms with van der Waals surface area (Å²) in [6.07, 6.45) is 0.231. The number of rotatable bonds is 13. The van der Waals surface area contributed by atoms with Gasteiger partial charge in [0.2, 0.25) is 11.8 Å². The van der Waals surface area contributed by atoms with E-state index in [0.29, 0.717) is 17.3 Å². The number of carbonyl (C=O) groups excluding carboxylic acids is 2. The molecular formula is C33H33BrClN3O5S. The second-order valence-corrected chi connectivity index (χ2v) is 13.1. The topological polar surface area (TPSA) is 96.0 Å². The van der Waals surface area contributed by atoms with Crippen molar-refractivity contribution in [3.05, 3.63) is 124 Å². The molecule has 4 rings (SSSR count). The van der Waals surface area contributed by atoms with Gasteiger partial charge < -0.3 is 15.0 Å². The minimum atomic E-state index is -4.26. The predicted octanol–water partition coefficient (Wildman–Crippen LogP) is 6.08.